The molecule has 5 aromatic rings. The molecule has 0 radical (unpaired) electrons. The minimum absolute atomic E-state index is 0.0915. The van der Waals surface area contributed by atoms with Gasteiger partial charge in [-0.2, -0.15) is 0 Å². The van der Waals surface area contributed by atoms with Gasteiger partial charge in [-0.15, -0.1) is 22.7 Å². The number of hydrogen-bond acceptors (Lipinski definition) is 9. The second kappa shape index (κ2) is 13.6. The van der Waals surface area contributed by atoms with Crippen molar-refractivity contribution in [2.45, 2.75) is 43.6 Å². The predicted octanol–water partition coefficient (Wildman–Crippen LogP) is 5.78. The number of Topliss-reactive ketones (excluding diaryl/α,β-unsaturated/α-hetero) is 1. The molecule has 0 spiro atoms. The number of nitrogens with zero attached hydrogens (tertiary/aromatic N) is 1. The van der Waals surface area contributed by atoms with Gasteiger partial charge in [-0.25, -0.2) is 13.4 Å². The van der Waals surface area contributed by atoms with Gasteiger partial charge in [0.1, 0.15) is 11.6 Å². The standard InChI is InChI=1S/C31H31N3O5S3/c1-2-10-23(29(35)31-34-22-13-6-7-14-25(22)39-31)33-30(36)24(20-42(37,38)19-21-11-4-3-5-12-21)32-28(26-15-8-17-40-26)27-16-9-18-41-27/h3-9,11-18,23-24,28,32H,2,10,19-20H2,1H3,(H,33,36)/t23-,24-/m0/s1. The largest absolute Gasteiger partial charge is 0.434 e. The quantitative estimate of drug-likeness (QED) is 0.151. The molecule has 0 unspecified atom stereocenters. The van der Waals surface area contributed by atoms with Gasteiger partial charge in [0, 0.05) is 9.75 Å². The lowest BCUT2D eigenvalue weighted by atomic mass is 10.1. The maximum Gasteiger partial charge on any atom is 0.266 e. The van der Waals surface area contributed by atoms with Crippen LogP contribution in [0.25, 0.3) is 11.1 Å². The van der Waals surface area contributed by atoms with Gasteiger partial charge in [-0.1, -0.05) is 67.9 Å². The van der Waals surface area contributed by atoms with Gasteiger partial charge in [-0.05, 0) is 47.0 Å². The third-order valence-electron chi connectivity index (χ3n) is 6.70. The molecule has 0 aliphatic rings. The fourth-order valence-corrected chi connectivity index (χ4v) is 7.97. The van der Waals surface area contributed by atoms with Crippen molar-refractivity contribution in [2.24, 2.45) is 0 Å². The number of aromatic nitrogens is 1. The van der Waals surface area contributed by atoms with Gasteiger partial charge in [0.05, 0.1) is 23.6 Å². The molecule has 42 heavy (non-hydrogen) atoms. The highest BCUT2D eigenvalue weighted by Crippen LogP contribution is 2.30. The molecule has 0 aliphatic carbocycles. The number of rotatable bonds is 14. The molecule has 5 rings (SSSR count). The lowest BCUT2D eigenvalue weighted by Crippen LogP contribution is -2.53. The summed E-state index contributed by atoms with van der Waals surface area (Å²) in [5, 5.41) is 10.0. The van der Waals surface area contributed by atoms with Crippen LogP contribution in [0.1, 0.15) is 51.8 Å². The van der Waals surface area contributed by atoms with Crippen molar-refractivity contribution in [3.05, 3.63) is 111 Å². The molecule has 0 bridgehead atoms. The molecule has 8 nitrogen and oxygen atoms in total. The Morgan fingerprint density at radius 1 is 0.881 bits per heavy atom. The van der Waals surface area contributed by atoms with Gasteiger partial charge in [0.25, 0.3) is 5.89 Å². The summed E-state index contributed by atoms with van der Waals surface area (Å²) in [6.45, 7) is 1.90. The second-order valence-corrected chi connectivity index (χ2v) is 14.0. The number of para-hydroxylation sites is 2. The highest BCUT2D eigenvalue weighted by molar-refractivity contribution is 7.90. The van der Waals surface area contributed by atoms with E-state index in [2.05, 4.69) is 15.6 Å². The smallest absolute Gasteiger partial charge is 0.266 e. The summed E-state index contributed by atoms with van der Waals surface area (Å²) in [5.74, 6) is -1.78. The molecule has 0 saturated heterocycles. The van der Waals surface area contributed by atoms with E-state index in [9.17, 15) is 18.0 Å². The van der Waals surface area contributed by atoms with Crippen LogP contribution < -0.4 is 10.6 Å². The summed E-state index contributed by atoms with van der Waals surface area (Å²) in [5.41, 5.74) is 1.66. The normalized spacial score (nSPS) is 13.3. The number of sulfone groups is 1. The van der Waals surface area contributed by atoms with Crippen molar-refractivity contribution in [3.63, 3.8) is 0 Å². The minimum Gasteiger partial charge on any atom is -0.434 e. The molecule has 2 atom stereocenters. The average molecular weight is 622 g/mol. The number of thiophene rings is 2. The monoisotopic (exact) mass is 621 g/mol. The SMILES string of the molecule is CCC[C@H](NC(=O)[C@H](CS(=O)(=O)Cc1ccccc1)NC(c1cccs1)c1cccs1)C(=O)c1nc2ccccc2o1. The third-order valence-corrected chi connectivity index (χ3v) is 10.2. The number of oxazole rings is 1. The van der Waals surface area contributed by atoms with Gasteiger partial charge < -0.3 is 9.73 Å². The molecule has 2 aromatic carbocycles. The zero-order valence-corrected chi connectivity index (χ0v) is 25.4. The van der Waals surface area contributed by atoms with Crippen molar-refractivity contribution < 1.29 is 22.4 Å². The Morgan fingerprint density at radius 2 is 1.55 bits per heavy atom. The molecule has 0 fully saturated rings. The van der Waals surface area contributed by atoms with Crippen molar-refractivity contribution in [2.75, 3.05) is 5.75 Å². The van der Waals surface area contributed by atoms with Crippen LogP contribution in [-0.4, -0.2) is 42.9 Å². The molecule has 1 amide bonds. The Kier molecular flexibility index (Phi) is 9.63. The maximum absolute atomic E-state index is 13.9. The Hall–Kier alpha value is -3.64. The van der Waals surface area contributed by atoms with Crippen LogP contribution in [0.15, 0.2) is 94.0 Å². The summed E-state index contributed by atoms with van der Waals surface area (Å²) >= 11 is 3.04. The van der Waals surface area contributed by atoms with Crippen LogP contribution in [0.3, 0.4) is 0 Å². The van der Waals surface area contributed by atoms with Crippen LogP contribution in [0.2, 0.25) is 0 Å². The van der Waals surface area contributed by atoms with Crippen molar-refractivity contribution in [1.29, 1.82) is 0 Å². The van der Waals surface area contributed by atoms with Gasteiger partial charge >= 0.3 is 0 Å². The molecule has 3 aromatic heterocycles. The van der Waals surface area contributed by atoms with E-state index in [0.717, 1.165) is 9.75 Å². The highest BCUT2D eigenvalue weighted by Gasteiger charge is 2.33. The zero-order valence-electron chi connectivity index (χ0n) is 22.9. The van der Waals surface area contributed by atoms with Crippen molar-refractivity contribution in [1.82, 2.24) is 15.6 Å². The Bertz CT molecular complexity index is 1650. The van der Waals surface area contributed by atoms with Crippen LogP contribution >= 0.6 is 22.7 Å². The lowest BCUT2D eigenvalue weighted by molar-refractivity contribution is -0.123. The number of benzene rings is 2. The summed E-state index contributed by atoms with van der Waals surface area (Å²) in [4.78, 5) is 33.6. The Balaban J connectivity index is 1.43. The van der Waals surface area contributed by atoms with Crippen LogP contribution in [-0.2, 0) is 20.4 Å². The lowest BCUT2D eigenvalue weighted by Gasteiger charge is -2.26. The predicted molar refractivity (Wildman–Crippen MR) is 167 cm³/mol. The summed E-state index contributed by atoms with van der Waals surface area (Å²) in [6.07, 6.45) is 0.945. The molecular formula is C31H31N3O5S3. The first kappa shape index (κ1) is 29.8. The van der Waals surface area contributed by atoms with E-state index in [4.69, 9.17) is 4.42 Å². The number of hydrogen-bond donors (Lipinski definition) is 2. The molecule has 11 heteroatoms. The first-order valence-corrected chi connectivity index (χ1v) is 17.2. The number of ketones is 1. The number of nitrogens with one attached hydrogen (secondary N) is 2. The van der Waals surface area contributed by atoms with E-state index >= 15 is 0 Å². The first-order chi connectivity index (χ1) is 20.3. The third kappa shape index (κ3) is 7.40. The molecule has 2 N–H and O–H groups in total. The fraction of sp³-hybridized carbons (Fsp3) is 0.258. The summed E-state index contributed by atoms with van der Waals surface area (Å²) in [6, 6.07) is 21.2. The maximum atomic E-state index is 13.9. The van der Waals surface area contributed by atoms with Crippen molar-refractivity contribution >= 4 is 55.3 Å². The number of carbonyl (C=O) groups is 2. The van der Waals surface area contributed by atoms with Gasteiger partial charge in [0.15, 0.2) is 15.4 Å². The van der Waals surface area contributed by atoms with E-state index in [1.807, 2.05) is 48.0 Å². The Labute approximate surface area is 252 Å². The van der Waals surface area contributed by atoms with Gasteiger partial charge in [-0.3, -0.25) is 14.9 Å². The van der Waals surface area contributed by atoms with Crippen LogP contribution in [0.5, 0.6) is 0 Å². The second-order valence-electron chi connectivity index (χ2n) is 9.92. The average Bonchev–Trinajstić information content (AvgIpc) is 3.77. The molecule has 0 saturated carbocycles. The topological polar surface area (TPSA) is 118 Å². The van der Waals surface area contributed by atoms with E-state index in [-0.39, 0.29) is 11.6 Å². The molecular weight excluding hydrogens is 591 g/mol. The van der Waals surface area contributed by atoms with E-state index in [1.54, 1.807) is 48.5 Å². The van der Waals surface area contributed by atoms with Crippen LogP contribution in [0.4, 0.5) is 0 Å². The number of amides is 1. The van der Waals surface area contributed by atoms with E-state index in [1.165, 1.54) is 22.7 Å². The zero-order chi connectivity index (χ0) is 29.5. The summed E-state index contributed by atoms with van der Waals surface area (Å²) < 4.78 is 32.5. The fourth-order valence-electron chi connectivity index (χ4n) is 4.71. The number of carbonyl (C=O) groups excluding carboxylic acids is 2. The molecule has 218 valence electrons. The van der Waals surface area contributed by atoms with E-state index < -0.39 is 45.4 Å². The van der Waals surface area contributed by atoms with Crippen molar-refractivity contribution in [3.8, 4) is 0 Å². The van der Waals surface area contributed by atoms with Crippen LogP contribution in [0, 0.1) is 0 Å². The Morgan fingerprint density at radius 3 is 2.17 bits per heavy atom. The number of fused-ring (bicyclic) bond motifs is 1. The minimum atomic E-state index is -3.73. The molecule has 0 aliphatic heterocycles. The highest BCUT2D eigenvalue weighted by atomic mass is 32.2. The first-order valence-electron chi connectivity index (χ1n) is 13.6. The van der Waals surface area contributed by atoms with E-state index in [0.29, 0.717) is 29.5 Å². The molecule has 3 heterocycles. The summed E-state index contributed by atoms with van der Waals surface area (Å²) in [7, 11) is -3.73. The van der Waals surface area contributed by atoms with Gasteiger partial charge in [0.2, 0.25) is 11.7 Å².